The topological polar surface area (TPSA) is 32.8 Å². The van der Waals surface area contributed by atoms with Gasteiger partial charge in [-0.2, -0.15) is 8.78 Å². The number of hydrogen-bond donors (Lipinski definition) is 0. The van der Waals surface area contributed by atoms with Crippen molar-refractivity contribution >= 4 is 11.7 Å². The number of aryl methyl sites for hydroxylation is 2. The van der Waals surface area contributed by atoms with Crippen molar-refractivity contribution < 1.29 is 18.3 Å². The van der Waals surface area contributed by atoms with Crippen molar-refractivity contribution in [3.8, 4) is 5.75 Å². The number of ether oxygens (including phenoxy) is 1. The first-order chi connectivity index (χ1) is 12.6. The van der Waals surface area contributed by atoms with Gasteiger partial charge in [0, 0.05) is 24.3 Å². The molecule has 2 aromatic rings. The third-order valence-electron chi connectivity index (χ3n) is 5.04. The van der Waals surface area contributed by atoms with Crippen LogP contribution >= 0.6 is 0 Å². The average molecular weight is 358 g/mol. The lowest BCUT2D eigenvalue weighted by molar-refractivity contribution is -0.0506. The molecule has 0 aromatic heterocycles. The summed E-state index contributed by atoms with van der Waals surface area (Å²) in [4.78, 5) is 16.2. The van der Waals surface area contributed by atoms with Gasteiger partial charge in [0.2, 0.25) is 0 Å². The van der Waals surface area contributed by atoms with E-state index in [1.165, 1.54) is 23.6 Å². The molecule has 6 heteroatoms. The van der Waals surface area contributed by atoms with Gasteiger partial charge in [-0.1, -0.05) is 24.3 Å². The highest BCUT2D eigenvalue weighted by molar-refractivity contribution is 5.94. The number of rotatable bonds is 5. The Hall–Kier alpha value is -2.63. The Morgan fingerprint density at radius 3 is 2.69 bits per heavy atom. The zero-order chi connectivity index (χ0) is 18.1. The molecule has 0 saturated carbocycles. The Balaban J connectivity index is 1.50. The maximum atomic E-state index is 12.8. The van der Waals surface area contributed by atoms with Crippen LogP contribution in [-0.2, 0) is 19.4 Å². The molecule has 4 nitrogen and oxygen atoms in total. The van der Waals surface area contributed by atoms with Gasteiger partial charge in [-0.3, -0.25) is 4.90 Å². The van der Waals surface area contributed by atoms with Gasteiger partial charge >= 0.3 is 12.6 Å². The number of fused-ring (bicyclic) bond motifs is 1. The van der Waals surface area contributed by atoms with Gasteiger partial charge in [0.15, 0.2) is 0 Å². The van der Waals surface area contributed by atoms with Crippen LogP contribution < -0.4 is 9.64 Å². The van der Waals surface area contributed by atoms with E-state index in [1.54, 1.807) is 28.0 Å². The summed E-state index contributed by atoms with van der Waals surface area (Å²) in [6.07, 6.45) is 3.34. The largest absolute Gasteiger partial charge is 0.434 e. The van der Waals surface area contributed by atoms with Gasteiger partial charge in [-0.15, -0.1) is 0 Å². The number of amides is 2. The number of halogens is 2. The maximum absolute atomic E-state index is 12.8. The summed E-state index contributed by atoms with van der Waals surface area (Å²) in [5.41, 5.74) is 4.19. The first-order valence-electron chi connectivity index (χ1n) is 8.83. The Bertz CT molecular complexity index is 825. The monoisotopic (exact) mass is 358 g/mol. The summed E-state index contributed by atoms with van der Waals surface area (Å²) in [5.74, 6) is 0.117. The lowest BCUT2D eigenvalue weighted by atomic mass is 10.1. The molecule has 0 spiro atoms. The second-order valence-electron chi connectivity index (χ2n) is 6.65. The number of urea groups is 1. The van der Waals surface area contributed by atoms with Crippen molar-refractivity contribution in [2.45, 2.75) is 32.4 Å². The minimum atomic E-state index is -2.88. The fourth-order valence-electron chi connectivity index (χ4n) is 3.75. The van der Waals surface area contributed by atoms with E-state index in [0.29, 0.717) is 18.7 Å². The molecule has 136 valence electrons. The number of anilines is 1. The summed E-state index contributed by atoms with van der Waals surface area (Å²) in [7, 11) is 0. The third-order valence-corrected chi connectivity index (χ3v) is 5.04. The number of benzene rings is 2. The van der Waals surface area contributed by atoms with Gasteiger partial charge in [-0.25, -0.2) is 4.79 Å². The van der Waals surface area contributed by atoms with Crippen molar-refractivity contribution in [2.24, 2.45) is 0 Å². The second kappa shape index (κ2) is 6.94. The Kier molecular flexibility index (Phi) is 4.49. The van der Waals surface area contributed by atoms with E-state index in [4.69, 9.17) is 0 Å². The molecule has 1 saturated heterocycles. The minimum Gasteiger partial charge on any atom is -0.434 e. The highest BCUT2D eigenvalue weighted by atomic mass is 19.3. The summed E-state index contributed by atoms with van der Waals surface area (Å²) in [5, 5.41) is 0. The van der Waals surface area contributed by atoms with E-state index in [-0.39, 0.29) is 18.3 Å². The molecule has 1 aliphatic heterocycles. The molecule has 26 heavy (non-hydrogen) atoms. The number of carbonyl (C=O) groups excluding carboxylic acids is 1. The number of para-hydroxylation sites is 1. The summed E-state index contributed by atoms with van der Waals surface area (Å²) < 4.78 is 29.7. The van der Waals surface area contributed by atoms with Gasteiger partial charge in [0.05, 0.1) is 6.54 Å². The van der Waals surface area contributed by atoms with Crippen LogP contribution in [0, 0.1) is 0 Å². The number of nitrogens with zero attached hydrogens (tertiary/aromatic N) is 2. The molecule has 0 radical (unpaired) electrons. The molecular weight excluding hydrogens is 338 g/mol. The van der Waals surface area contributed by atoms with E-state index in [0.717, 1.165) is 18.5 Å². The molecule has 0 unspecified atom stereocenters. The first kappa shape index (κ1) is 16.8. The molecule has 2 aromatic carbocycles. The van der Waals surface area contributed by atoms with Gasteiger partial charge in [-0.05, 0) is 48.6 Å². The molecule has 2 amide bonds. The van der Waals surface area contributed by atoms with E-state index in [9.17, 15) is 13.6 Å². The van der Waals surface area contributed by atoms with Crippen molar-refractivity contribution in [3.05, 3.63) is 59.2 Å². The van der Waals surface area contributed by atoms with Crippen LogP contribution in [0.3, 0.4) is 0 Å². The predicted molar refractivity (Wildman–Crippen MR) is 94.7 cm³/mol. The lowest BCUT2D eigenvalue weighted by Gasteiger charge is -2.20. The molecule has 4 rings (SSSR count). The van der Waals surface area contributed by atoms with Crippen LogP contribution in [0.1, 0.15) is 23.1 Å². The molecule has 2 aliphatic rings. The van der Waals surface area contributed by atoms with Crippen molar-refractivity contribution in [1.82, 2.24) is 4.90 Å². The Morgan fingerprint density at radius 1 is 1.04 bits per heavy atom. The average Bonchev–Trinajstić information content (AvgIpc) is 3.22. The SMILES string of the molecule is O=C1N(Cc2ccccc2OC(F)F)CCN1c1ccc2c(c1)CCC2. The predicted octanol–water partition coefficient (Wildman–Crippen LogP) is 4.22. The normalized spacial score (nSPS) is 16.5. The second-order valence-corrected chi connectivity index (χ2v) is 6.65. The minimum absolute atomic E-state index is 0.102. The van der Waals surface area contributed by atoms with Crippen molar-refractivity contribution in [3.63, 3.8) is 0 Å². The summed E-state index contributed by atoms with van der Waals surface area (Å²) >= 11 is 0. The summed E-state index contributed by atoms with van der Waals surface area (Å²) in [6, 6.07) is 12.7. The van der Waals surface area contributed by atoms with Gasteiger partial charge in [0.1, 0.15) is 5.75 Å². The van der Waals surface area contributed by atoms with Crippen LogP contribution in [-0.4, -0.2) is 30.6 Å². The molecule has 1 aliphatic carbocycles. The van der Waals surface area contributed by atoms with Gasteiger partial charge in [0.25, 0.3) is 0 Å². The standard InChI is InChI=1S/C20H20F2N2O2/c21-19(22)26-18-7-2-1-4-16(18)13-23-10-11-24(20(23)25)17-9-8-14-5-3-6-15(14)12-17/h1-2,4,7-9,12,19H,3,5-6,10-11,13H2. The first-order valence-corrected chi connectivity index (χ1v) is 8.83. The Labute approximate surface area is 151 Å². The van der Waals surface area contributed by atoms with Crippen LogP contribution in [0.5, 0.6) is 5.75 Å². The molecule has 1 fully saturated rings. The van der Waals surface area contributed by atoms with Crippen LogP contribution in [0.15, 0.2) is 42.5 Å². The molecule has 0 N–H and O–H groups in total. The van der Waals surface area contributed by atoms with Crippen LogP contribution in [0.4, 0.5) is 19.3 Å². The van der Waals surface area contributed by atoms with Crippen molar-refractivity contribution in [1.29, 1.82) is 0 Å². The highest BCUT2D eigenvalue weighted by Gasteiger charge is 2.30. The molecular formula is C20H20F2N2O2. The Morgan fingerprint density at radius 2 is 1.85 bits per heavy atom. The quantitative estimate of drug-likeness (QED) is 0.802. The van der Waals surface area contributed by atoms with Crippen molar-refractivity contribution in [2.75, 3.05) is 18.0 Å². The van der Waals surface area contributed by atoms with E-state index >= 15 is 0 Å². The fourth-order valence-corrected chi connectivity index (χ4v) is 3.75. The highest BCUT2D eigenvalue weighted by Crippen LogP contribution is 2.30. The molecule has 0 bridgehead atoms. The zero-order valence-corrected chi connectivity index (χ0v) is 14.3. The smallest absolute Gasteiger partial charge is 0.387 e. The number of alkyl halides is 2. The lowest BCUT2D eigenvalue weighted by Crippen LogP contribution is -2.31. The van der Waals surface area contributed by atoms with E-state index in [1.807, 2.05) is 6.07 Å². The van der Waals surface area contributed by atoms with Crippen LogP contribution in [0.2, 0.25) is 0 Å². The zero-order valence-electron chi connectivity index (χ0n) is 14.3. The van der Waals surface area contributed by atoms with E-state index in [2.05, 4.69) is 16.9 Å². The molecule has 1 heterocycles. The fraction of sp³-hybridized carbons (Fsp3) is 0.350. The number of hydrogen-bond acceptors (Lipinski definition) is 2. The summed E-state index contributed by atoms with van der Waals surface area (Å²) in [6.45, 7) is -1.48. The van der Waals surface area contributed by atoms with Crippen LogP contribution in [0.25, 0.3) is 0 Å². The maximum Gasteiger partial charge on any atom is 0.387 e. The number of carbonyl (C=O) groups is 1. The van der Waals surface area contributed by atoms with Gasteiger partial charge < -0.3 is 9.64 Å². The van der Waals surface area contributed by atoms with E-state index < -0.39 is 6.61 Å². The third kappa shape index (κ3) is 3.23. The molecule has 0 atom stereocenters.